The maximum absolute atomic E-state index is 4.19. The van der Waals surface area contributed by atoms with Crippen LogP contribution in [-0.4, -0.2) is 12.8 Å². The number of aliphatic imine (C=N–C) groups is 1. The Morgan fingerprint density at radius 3 is 2.36 bits per heavy atom. The van der Waals surface area contributed by atoms with Crippen LogP contribution < -0.4 is 0 Å². The van der Waals surface area contributed by atoms with E-state index in [1.165, 1.54) is 0 Å². The van der Waals surface area contributed by atoms with Crippen molar-refractivity contribution < 1.29 is 0 Å². The first-order chi connectivity index (χ1) is 5.12. The quantitative estimate of drug-likeness (QED) is 0.423. The lowest BCUT2D eigenvalue weighted by Gasteiger charge is -2.15. The van der Waals surface area contributed by atoms with Gasteiger partial charge in [-0.15, -0.1) is 13.2 Å². The van der Waals surface area contributed by atoms with E-state index in [2.05, 4.69) is 32.0 Å². The zero-order valence-electron chi connectivity index (χ0n) is 7.51. The molecular formula is C10H17N. The van der Waals surface area contributed by atoms with Gasteiger partial charge in [0.15, 0.2) is 0 Å². The minimum Gasteiger partial charge on any atom is -0.293 e. The lowest BCUT2D eigenvalue weighted by atomic mass is 9.91. The highest BCUT2D eigenvalue weighted by molar-refractivity contribution is 5.64. The van der Waals surface area contributed by atoms with Gasteiger partial charge in [-0.2, -0.15) is 0 Å². The second-order valence-corrected chi connectivity index (χ2v) is 3.26. The van der Waals surface area contributed by atoms with Gasteiger partial charge in [-0.25, -0.2) is 0 Å². The highest BCUT2D eigenvalue weighted by Gasteiger charge is 2.11. The monoisotopic (exact) mass is 151 g/mol. The zero-order chi connectivity index (χ0) is 8.74. The number of rotatable bonds is 5. The predicted molar refractivity (Wildman–Crippen MR) is 52.2 cm³/mol. The number of hydrogen-bond donors (Lipinski definition) is 0. The molecule has 0 unspecified atom stereocenters. The maximum Gasteiger partial charge on any atom is 0.0564 e. The molecule has 0 aliphatic rings. The van der Waals surface area contributed by atoms with Gasteiger partial charge in [0, 0.05) is 11.6 Å². The summed E-state index contributed by atoms with van der Waals surface area (Å²) in [5, 5.41) is 0. The van der Waals surface area contributed by atoms with Gasteiger partial charge >= 0.3 is 0 Å². The molecule has 0 rings (SSSR count). The largest absolute Gasteiger partial charge is 0.293 e. The molecule has 0 spiro atoms. The Balaban J connectivity index is 3.87. The van der Waals surface area contributed by atoms with Crippen molar-refractivity contribution in [3.8, 4) is 0 Å². The molecule has 1 nitrogen and oxygen atoms in total. The van der Waals surface area contributed by atoms with E-state index in [-0.39, 0.29) is 5.41 Å². The minimum absolute atomic E-state index is 0.144. The van der Waals surface area contributed by atoms with E-state index >= 15 is 0 Å². The summed E-state index contributed by atoms with van der Waals surface area (Å²) in [5.41, 5.74) is 0.144. The lowest BCUT2D eigenvalue weighted by Crippen LogP contribution is -2.11. The highest BCUT2D eigenvalue weighted by atomic mass is 14.7. The van der Waals surface area contributed by atoms with Crippen molar-refractivity contribution in [1.29, 1.82) is 0 Å². The van der Waals surface area contributed by atoms with E-state index in [4.69, 9.17) is 0 Å². The third kappa shape index (κ3) is 5.59. The number of allylic oxidation sites excluding steroid dienone is 1. The Morgan fingerprint density at radius 2 is 1.91 bits per heavy atom. The summed E-state index contributed by atoms with van der Waals surface area (Å²) >= 11 is 0. The van der Waals surface area contributed by atoms with Gasteiger partial charge in [-0.3, -0.25) is 4.99 Å². The molecule has 62 valence electrons. The topological polar surface area (TPSA) is 12.4 Å². The van der Waals surface area contributed by atoms with Crippen LogP contribution in [0.4, 0.5) is 0 Å². The predicted octanol–water partition coefficient (Wildman–Crippen LogP) is 2.85. The van der Waals surface area contributed by atoms with Gasteiger partial charge < -0.3 is 0 Å². The third-order valence-electron chi connectivity index (χ3n) is 1.35. The van der Waals surface area contributed by atoms with E-state index in [1.54, 1.807) is 6.08 Å². The van der Waals surface area contributed by atoms with Crippen molar-refractivity contribution in [1.82, 2.24) is 0 Å². The molecule has 0 aromatic heterocycles. The van der Waals surface area contributed by atoms with E-state index in [9.17, 15) is 0 Å². The summed E-state index contributed by atoms with van der Waals surface area (Å²) in [4.78, 5) is 4.19. The number of hydrogen-bond acceptors (Lipinski definition) is 1. The molecule has 0 heterocycles. The third-order valence-corrected chi connectivity index (χ3v) is 1.35. The fourth-order valence-corrected chi connectivity index (χ4v) is 0.799. The van der Waals surface area contributed by atoms with Crippen molar-refractivity contribution in [3.05, 3.63) is 25.3 Å². The Labute approximate surface area is 69.5 Å². The van der Waals surface area contributed by atoms with E-state index in [1.807, 2.05) is 12.3 Å². The van der Waals surface area contributed by atoms with Crippen molar-refractivity contribution in [2.75, 3.05) is 6.54 Å². The molecule has 0 radical (unpaired) electrons. The van der Waals surface area contributed by atoms with Gasteiger partial charge in [0.1, 0.15) is 0 Å². The molecule has 0 N–H and O–H groups in total. The van der Waals surface area contributed by atoms with Crippen molar-refractivity contribution in [2.45, 2.75) is 20.3 Å². The van der Waals surface area contributed by atoms with E-state index in [0.717, 1.165) is 6.42 Å². The van der Waals surface area contributed by atoms with Gasteiger partial charge in [-0.05, 0) is 6.42 Å². The summed E-state index contributed by atoms with van der Waals surface area (Å²) in [5.74, 6) is 0. The molecule has 0 atom stereocenters. The Morgan fingerprint density at radius 1 is 1.27 bits per heavy atom. The van der Waals surface area contributed by atoms with Crippen LogP contribution in [0.25, 0.3) is 0 Å². The Kier molecular flexibility index (Phi) is 4.51. The molecular weight excluding hydrogens is 134 g/mol. The van der Waals surface area contributed by atoms with Crippen molar-refractivity contribution >= 4 is 6.21 Å². The van der Waals surface area contributed by atoms with Gasteiger partial charge in [0.25, 0.3) is 0 Å². The normalized spacial score (nSPS) is 11.8. The molecule has 0 saturated carbocycles. The molecule has 0 bridgehead atoms. The first kappa shape index (κ1) is 10.2. The second kappa shape index (κ2) is 4.89. The smallest absolute Gasteiger partial charge is 0.0564 e. The Bertz CT molecular complexity index is 154. The molecule has 0 aromatic rings. The first-order valence-electron chi connectivity index (χ1n) is 3.85. The van der Waals surface area contributed by atoms with Crippen molar-refractivity contribution in [2.24, 2.45) is 10.4 Å². The highest BCUT2D eigenvalue weighted by Crippen LogP contribution is 2.17. The minimum atomic E-state index is 0.144. The molecule has 0 aliphatic carbocycles. The molecule has 11 heavy (non-hydrogen) atoms. The summed E-state index contributed by atoms with van der Waals surface area (Å²) in [6.45, 7) is 12.3. The van der Waals surface area contributed by atoms with Gasteiger partial charge in [0.2, 0.25) is 0 Å². The van der Waals surface area contributed by atoms with Crippen LogP contribution in [0.15, 0.2) is 30.3 Å². The molecule has 0 amide bonds. The Hall–Kier alpha value is -0.850. The molecule has 1 heteroatoms. The standard InChI is InChI=1S/C10H17N/c1-5-7-10(3,4)9-11-8-6-2/h5-6,9H,1-2,7-8H2,3-4H3. The van der Waals surface area contributed by atoms with Crippen LogP contribution >= 0.6 is 0 Å². The van der Waals surface area contributed by atoms with E-state index < -0.39 is 0 Å². The average Bonchev–Trinajstić information content (AvgIpc) is 1.87. The van der Waals surface area contributed by atoms with Gasteiger partial charge in [-0.1, -0.05) is 26.0 Å². The van der Waals surface area contributed by atoms with Crippen LogP contribution in [0.2, 0.25) is 0 Å². The summed E-state index contributed by atoms with van der Waals surface area (Å²) in [6, 6.07) is 0. The first-order valence-corrected chi connectivity index (χ1v) is 3.85. The van der Waals surface area contributed by atoms with Crippen LogP contribution in [0.3, 0.4) is 0 Å². The maximum atomic E-state index is 4.19. The molecule has 0 aromatic carbocycles. The number of nitrogens with zero attached hydrogens (tertiary/aromatic N) is 1. The van der Waals surface area contributed by atoms with Crippen LogP contribution in [-0.2, 0) is 0 Å². The van der Waals surface area contributed by atoms with Crippen LogP contribution in [0.5, 0.6) is 0 Å². The summed E-state index contributed by atoms with van der Waals surface area (Å²) in [7, 11) is 0. The SMILES string of the molecule is C=CCN=CC(C)(C)CC=C. The van der Waals surface area contributed by atoms with E-state index in [0.29, 0.717) is 6.54 Å². The van der Waals surface area contributed by atoms with Gasteiger partial charge in [0.05, 0.1) is 6.54 Å². The molecule has 0 aliphatic heterocycles. The zero-order valence-corrected chi connectivity index (χ0v) is 7.51. The fourth-order valence-electron chi connectivity index (χ4n) is 0.799. The second-order valence-electron chi connectivity index (χ2n) is 3.26. The lowest BCUT2D eigenvalue weighted by molar-refractivity contribution is 0.545. The molecule has 0 saturated heterocycles. The van der Waals surface area contributed by atoms with Crippen LogP contribution in [0, 0.1) is 5.41 Å². The summed E-state index contributed by atoms with van der Waals surface area (Å²) in [6.07, 6.45) is 6.64. The van der Waals surface area contributed by atoms with Crippen LogP contribution in [0.1, 0.15) is 20.3 Å². The fraction of sp³-hybridized carbons (Fsp3) is 0.500. The van der Waals surface area contributed by atoms with Crippen molar-refractivity contribution in [3.63, 3.8) is 0 Å². The summed E-state index contributed by atoms with van der Waals surface area (Å²) < 4.78 is 0. The average molecular weight is 151 g/mol. The molecule has 0 fully saturated rings.